The van der Waals surface area contributed by atoms with Gasteiger partial charge in [0.2, 0.25) is 0 Å². The molecule has 0 aliphatic heterocycles. The second kappa shape index (κ2) is 6.61. The average molecular weight is 371 g/mol. The van der Waals surface area contributed by atoms with Gasteiger partial charge >= 0.3 is 0 Å². The fourth-order valence-corrected chi connectivity index (χ4v) is 4.25. The molecule has 3 rings (SSSR count). The Morgan fingerprint density at radius 1 is 1.25 bits per heavy atom. The second-order valence-corrected chi connectivity index (χ2v) is 8.27. The first kappa shape index (κ1) is 14.6. The number of hydrogen-bond donors (Lipinski definition) is 1. The van der Waals surface area contributed by atoms with Crippen molar-refractivity contribution in [2.45, 2.75) is 31.2 Å². The summed E-state index contributed by atoms with van der Waals surface area (Å²) in [6.07, 6.45) is 3.68. The van der Waals surface area contributed by atoms with Crippen molar-refractivity contribution in [2.75, 3.05) is 6.54 Å². The first-order valence-electron chi connectivity index (χ1n) is 6.94. The van der Waals surface area contributed by atoms with E-state index in [1.807, 2.05) is 23.5 Å². The summed E-state index contributed by atoms with van der Waals surface area (Å²) in [4.78, 5) is 1.40. The number of nitrogens with one attached hydrogen (secondary N) is 1. The van der Waals surface area contributed by atoms with E-state index in [1.165, 1.54) is 27.1 Å². The Hall–Kier alpha value is -0.350. The van der Waals surface area contributed by atoms with Crippen LogP contribution >= 0.6 is 38.9 Å². The standard InChI is InChI=1S/C16H17BrClNS/c17-16-8-7-13(20-16)9-11(10-19-12-5-6-12)14-3-1-2-4-15(14)18/h1-4,7-8,11-12,19H,5-6,9-10H2. The summed E-state index contributed by atoms with van der Waals surface area (Å²) >= 11 is 11.7. The lowest BCUT2D eigenvalue weighted by Crippen LogP contribution is -2.24. The molecule has 2 aromatic rings. The van der Waals surface area contributed by atoms with E-state index in [0.29, 0.717) is 5.92 Å². The van der Waals surface area contributed by atoms with E-state index in [4.69, 9.17) is 11.6 Å². The smallest absolute Gasteiger partial charge is 0.0701 e. The zero-order chi connectivity index (χ0) is 13.9. The maximum atomic E-state index is 6.39. The van der Waals surface area contributed by atoms with Crippen LogP contribution in [-0.4, -0.2) is 12.6 Å². The van der Waals surface area contributed by atoms with Crippen molar-refractivity contribution in [3.05, 3.63) is 55.6 Å². The number of thiophene rings is 1. The summed E-state index contributed by atoms with van der Waals surface area (Å²) in [5.74, 6) is 0.440. The molecule has 1 aliphatic carbocycles. The molecule has 4 heteroatoms. The molecule has 1 saturated carbocycles. The third kappa shape index (κ3) is 3.85. The van der Waals surface area contributed by atoms with Crippen LogP contribution in [0, 0.1) is 0 Å². The van der Waals surface area contributed by atoms with Crippen molar-refractivity contribution in [3.8, 4) is 0 Å². The van der Waals surface area contributed by atoms with Crippen molar-refractivity contribution in [1.82, 2.24) is 5.32 Å². The van der Waals surface area contributed by atoms with Crippen LogP contribution < -0.4 is 5.32 Å². The predicted molar refractivity (Wildman–Crippen MR) is 90.9 cm³/mol. The highest BCUT2D eigenvalue weighted by atomic mass is 79.9. The van der Waals surface area contributed by atoms with Gasteiger partial charge < -0.3 is 5.32 Å². The van der Waals surface area contributed by atoms with Crippen LogP contribution in [0.25, 0.3) is 0 Å². The van der Waals surface area contributed by atoms with Gasteiger partial charge in [-0.25, -0.2) is 0 Å². The fourth-order valence-electron chi connectivity index (χ4n) is 2.40. The molecule has 1 heterocycles. The van der Waals surface area contributed by atoms with Gasteiger partial charge in [0, 0.05) is 28.4 Å². The van der Waals surface area contributed by atoms with E-state index in [0.717, 1.165) is 24.0 Å². The molecule has 20 heavy (non-hydrogen) atoms. The van der Waals surface area contributed by atoms with E-state index in [-0.39, 0.29) is 0 Å². The normalized spacial score (nSPS) is 16.3. The fraction of sp³-hybridized carbons (Fsp3) is 0.375. The molecule has 0 radical (unpaired) electrons. The molecular weight excluding hydrogens is 354 g/mol. The topological polar surface area (TPSA) is 12.0 Å². The molecular formula is C16H17BrClNS. The largest absolute Gasteiger partial charge is 0.313 e. The SMILES string of the molecule is Clc1ccccc1C(CNC1CC1)Cc1ccc(Br)s1. The van der Waals surface area contributed by atoms with Crippen LogP contribution in [0.3, 0.4) is 0 Å². The van der Waals surface area contributed by atoms with Crippen molar-refractivity contribution in [1.29, 1.82) is 0 Å². The zero-order valence-electron chi connectivity index (χ0n) is 11.1. The number of hydrogen-bond acceptors (Lipinski definition) is 2. The molecule has 106 valence electrons. The number of halogens is 2. The second-order valence-electron chi connectivity index (χ2n) is 5.31. The highest BCUT2D eigenvalue weighted by molar-refractivity contribution is 9.11. The number of rotatable bonds is 6. The Morgan fingerprint density at radius 2 is 2.05 bits per heavy atom. The van der Waals surface area contributed by atoms with Crippen molar-refractivity contribution in [3.63, 3.8) is 0 Å². The first-order chi connectivity index (χ1) is 9.72. The monoisotopic (exact) mass is 369 g/mol. The summed E-state index contributed by atoms with van der Waals surface area (Å²) in [6, 6.07) is 13.3. The molecule has 1 nitrogen and oxygen atoms in total. The van der Waals surface area contributed by atoms with Crippen LogP contribution in [0.15, 0.2) is 40.2 Å². The van der Waals surface area contributed by atoms with Gasteiger partial charge in [-0.3, -0.25) is 0 Å². The molecule has 0 bridgehead atoms. The van der Waals surface area contributed by atoms with E-state index in [9.17, 15) is 0 Å². The van der Waals surface area contributed by atoms with E-state index in [1.54, 1.807) is 0 Å². The Kier molecular flexibility index (Phi) is 4.82. The van der Waals surface area contributed by atoms with Gasteiger partial charge in [0.05, 0.1) is 3.79 Å². The Labute approximate surface area is 137 Å². The summed E-state index contributed by atoms with van der Waals surface area (Å²) < 4.78 is 1.19. The maximum Gasteiger partial charge on any atom is 0.0701 e. The third-order valence-electron chi connectivity index (χ3n) is 3.65. The number of benzene rings is 1. The molecule has 1 aliphatic rings. The predicted octanol–water partition coefficient (Wildman–Crippen LogP) is 5.24. The van der Waals surface area contributed by atoms with Crippen LogP contribution in [-0.2, 0) is 6.42 Å². The van der Waals surface area contributed by atoms with Gasteiger partial charge in [-0.05, 0) is 59.0 Å². The Morgan fingerprint density at radius 3 is 2.70 bits per heavy atom. The molecule has 1 fully saturated rings. The Bertz CT molecular complexity index is 579. The van der Waals surface area contributed by atoms with Crippen LogP contribution in [0.5, 0.6) is 0 Å². The minimum absolute atomic E-state index is 0.440. The zero-order valence-corrected chi connectivity index (χ0v) is 14.3. The van der Waals surface area contributed by atoms with Gasteiger partial charge in [0.25, 0.3) is 0 Å². The van der Waals surface area contributed by atoms with E-state index < -0.39 is 0 Å². The quantitative estimate of drug-likeness (QED) is 0.733. The highest BCUT2D eigenvalue weighted by Crippen LogP contribution is 2.31. The van der Waals surface area contributed by atoms with Crippen molar-refractivity contribution < 1.29 is 0 Å². The van der Waals surface area contributed by atoms with Crippen molar-refractivity contribution >= 4 is 38.9 Å². The van der Waals surface area contributed by atoms with E-state index in [2.05, 4.69) is 45.5 Å². The lowest BCUT2D eigenvalue weighted by Gasteiger charge is -2.18. The highest BCUT2D eigenvalue weighted by Gasteiger charge is 2.23. The molecule has 1 unspecified atom stereocenters. The summed E-state index contributed by atoms with van der Waals surface area (Å²) in [6.45, 7) is 1.00. The average Bonchev–Trinajstić information content (AvgIpc) is 3.18. The lowest BCUT2D eigenvalue weighted by atomic mass is 9.94. The summed E-state index contributed by atoms with van der Waals surface area (Å²) in [7, 11) is 0. The minimum atomic E-state index is 0.440. The summed E-state index contributed by atoms with van der Waals surface area (Å²) in [5.41, 5.74) is 1.26. The molecule has 0 spiro atoms. The Balaban J connectivity index is 1.77. The van der Waals surface area contributed by atoms with Gasteiger partial charge in [-0.1, -0.05) is 29.8 Å². The molecule has 0 amide bonds. The first-order valence-corrected chi connectivity index (χ1v) is 8.93. The maximum absolute atomic E-state index is 6.39. The molecule has 1 atom stereocenters. The molecule has 1 aromatic heterocycles. The van der Waals surface area contributed by atoms with Crippen molar-refractivity contribution in [2.24, 2.45) is 0 Å². The van der Waals surface area contributed by atoms with Gasteiger partial charge in [-0.15, -0.1) is 11.3 Å². The van der Waals surface area contributed by atoms with Gasteiger partial charge in [0.1, 0.15) is 0 Å². The van der Waals surface area contributed by atoms with Crippen LogP contribution in [0.2, 0.25) is 5.02 Å². The van der Waals surface area contributed by atoms with Crippen LogP contribution in [0.4, 0.5) is 0 Å². The molecule has 1 aromatic carbocycles. The van der Waals surface area contributed by atoms with Gasteiger partial charge in [0.15, 0.2) is 0 Å². The third-order valence-corrected chi connectivity index (χ3v) is 5.64. The lowest BCUT2D eigenvalue weighted by molar-refractivity contribution is 0.580. The molecule has 1 N–H and O–H groups in total. The van der Waals surface area contributed by atoms with Gasteiger partial charge in [-0.2, -0.15) is 0 Å². The van der Waals surface area contributed by atoms with Crippen LogP contribution in [0.1, 0.15) is 29.2 Å². The molecule has 0 saturated heterocycles. The summed E-state index contributed by atoms with van der Waals surface area (Å²) in [5, 5.41) is 4.52. The minimum Gasteiger partial charge on any atom is -0.313 e. The van der Waals surface area contributed by atoms with E-state index >= 15 is 0 Å².